The minimum atomic E-state index is -3.88. The summed E-state index contributed by atoms with van der Waals surface area (Å²) >= 11 is 0. The Balaban J connectivity index is 1.43. The summed E-state index contributed by atoms with van der Waals surface area (Å²) in [6.07, 6.45) is 0.588. The van der Waals surface area contributed by atoms with Crippen LogP contribution in [-0.4, -0.2) is 20.8 Å². The number of carbonyl (C=O) groups is 1. The monoisotopic (exact) mass is 508 g/mol. The molecule has 36 heavy (non-hydrogen) atoms. The van der Waals surface area contributed by atoms with E-state index in [1.54, 1.807) is 25.1 Å². The van der Waals surface area contributed by atoms with Gasteiger partial charge in [-0.3, -0.25) is 9.52 Å². The Labute approximate surface area is 210 Å². The highest BCUT2D eigenvalue weighted by Crippen LogP contribution is 2.50. The van der Waals surface area contributed by atoms with Crippen molar-refractivity contribution in [3.05, 3.63) is 88.7 Å². The topological polar surface area (TPSA) is 84.5 Å². The number of sulfonamides is 1. The zero-order valence-corrected chi connectivity index (χ0v) is 21.2. The third-order valence-corrected chi connectivity index (χ3v) is 8.38. The molecule has 0 aromatic heterocycles. The molecule has 0 spiro atoms. The fourth-order valence-corrected chi connectivity index (χ4v) is 6.14. The number of fused-ring (bicyclic) bond motifs is 3. The maximum absolute atomic E-state index is 13.6. The number of Topliss-reactive ketones (excluding diaryl/α,β-unsaturated/α-hetero) is 1. The Morgan fingerprint density at radius 1 is 1.08 bits per heavy atom. The van der Waals surface area contributed by atoms with Crippen LogP contribution in [0, 0.1) is 24.6 Å². The van der Waals surface area contributed by atoms with Crippen molar-refractivity contribution in [2.75, 3.05) is 16.6 Å². The lowest BCUT2D eigenvalue weighted by molar-refractivity contribution is 0.0827. The van der Waals surface area contributed by atoms with Crippen molar-refractivity contribution in [1.29, 1.82) is 0 Å². The van der Waals surface area contributed by atoms with Crippen molar-refractivity contribution in [3.63, 3.8) is 0 Å². The molecular formula is C28H29FN2O4S. The molecule has 0 saturated carbocycles. The third kappa shape index (κ3) is 4.51. The quantitative estimate of drug-likeness (QED) is 0.398. The van der Waals surface area contributed by atoms with Gasteiger partial charge in [0, 0.05) is 40.9 Å². The first-order valence-corrected chi connectivity index (χ1v) is 13.6. The van der Waals surface area contributed by atoms with Gasteiger partial charge >= 0.3 is 0 Å². The SMILES string of the molecule is Cc1cc(NS(=O)(=O)c2ccc3c(c2)[C@H]2OCC[C@H]2C(c2ccc(C(=O)C(C)C)cc2)N3)ccc1F. The number of halogens is 1. The molecule has 1 saturated heterocycles. The first-order chi connectivity index (χ1) is 17.1. The summed E-state index contributed by atoms with van der Waals surface area (Å²) in [4.78, 5) is 12.5. The summed E-state index contributed by atoms with van der Waals surface area (Å²) in [7, 11) is -3.88. The van der Waals surface area contributed by atoms with E-state index in [0.29, 0.717) is 23.4 Å². The summed E-state index contributed by atoms with van der Waals surface area (Å²) in [6.45, 7) is 5.95. The first kappa shape index (κ1) is 24.5. The van der Waals surface area contributed by atoms with E-state index in [0.717, 1.165) is 23.2 Å². The van der Waals surface area contributed by atoms with Crippen LogP contribution in [0.25, 0.3) is 0 Å². The fraction of sp³-hybridized carbons (Fsp3) is 0.321. The average Bonchev–Trinajstić information content (AvgIpc) is 3.35. The van der Waals surface area contributed by atoms with Crippen LogP contribution in [0.1, 0.15) is 59.5 Å². The van der Waals surface area contributed by atoms with Gasteiger partial charge in [0.2, 0.25) is 0 Å². The molecule has 6 nitrogen and oxygen atoms in total. The lowest BCUT2D eigenvalue weighted by Crippen LogP contribution is -2.29. The lowest BCUT2D eigenvalue weighted by Gasteiger charge is -2.36. The Morgan fingerprint density at radius 2 is 1.83 bits per heavy atom. The van der Waals surface area contributed by atoms with Crippen LogP contribution in [0.15, 0.2) is 65.6 Å². The largest absolute Gasteiger partial charge is 0.378 e. The summed E-state index contributed by atoms with van der Waals surface area (Å²) in [5, 5.41) is 3.58. The molecule has 2 heterocycles. The zero-order chi connectivity index (χ0) is 25.6. The number of rotatable bonds is 6. The lowest BCUT2D eigenvalue weighted by atomic mass is 9.81. The van der Waals surface area contributed by atoms with E-state index in [2.05, 4.69) is 10.0 Å². The van der Waals surface area contributed by atoms with E-state index in [4.69, 9.17) is 4.74 Å². The summed E-state index contributed by atoms with van der Waals surface area (Å²) in [5.41, 5.74) is 4.05. The number of nitrogens with one attached hydrogen (secondary N) is 2. The molecule has 2 N–H and O–H groups in total. The number of benzene rings is 3. The molecule has 3 atom stereocenters. The number of hydrogen-bond acceptors (Lipinski definition) is 5. The van der Waals surface area contributed by atoms with Crippen molar-refractivity contribution in [3.8, 4) is 0 Å². The number of aryl methyl sites for hydroxylation is 1. The molecule has 0 bridgehead atoms. The minimum Gasteiger partial charge on any atom is -0.378 e. The third-order valence-electron chi connectivity index (χ3n) is 7.01. The van der Waals surface area contributed by atoms with E-state index in [-0.39, 0.29) is 34.7 Å². The predicted octanol–water partition coefficient (Wildman–Crippen LogP) is 6.02. The average molecular weight is 509 g/mol. The van der Waals surface area contributed by atoms with Gasteiger partial charge in [-0.05, 0) is 60.9 Å². The van der Waals surface area contributed by atoms with Gasteiger partial charge in [0.15, 0.2) is 5.78 Å². The molecule has 5 rings (SSSR count). The van der Waals surface area contributed by atoms with Crippen LogP contribution in [0.5, 0.6) is 0 Å². The summed E-state index contributed by atoms with van der Waals surface area (Å²) in [6, 6.07) is 16.8. The number of ether oxygens (including phenoxy) is 1. The Kier molecular flexibility index (Phi) is 6.34. The molecule has 3 aromatic rings. The molecule has 1 unspecified atom stereocenters. The van der Waals surface area contributed by atoms with E-state index in [1.165, 1.54) is 18.2 Å². The smallest absolute Gasteiger partial charge is 0.261 e. The van der Waals surface area contributed by atoms with Crippen molar-refractivity contribution in [2.45, 2.75) is 44.2 Å². The van der Waals surface area contributed by atoms with E-state index in [1.807, 2.05) is 38.1 Å². The number of anilines is 2. The Morgan fingerprint density at radius 3 is 2.53 bits per heavy atom. The molecule has 2 aliphatic heterocycles. The summed E-state index contributed by atoms with van der Waals surface area (Å²) in [5.74, 6) is -0.216. The van der Waals surface area contributed by atoms with Gasteiger partial charge in [0.1, 0.15) is 5.82 Å². The molecule has 0 radical (unpaired) electrons. The zero-order valence-electron chi connectivity index (χ0n) is 20.4. The van der Waals surface area contributed by atoms with Crippen LogP contribution in [0.2, 0.25) is 0 Å². The first-order valence-electron chi connectivity index (χ1n) is 12.1. The van der Waals surface area contributed by atoms with Crippen molar-refractivity contribution in [2.24, 2.45) is 11.8 Å². The van der Waals surface area contributed by atoms with Gasteiger partial charge in [-0.25, -0.2) is 12.8 Å². The maximum Gasteiger partial charge on any atom is 0.261 e. The predicted molar refractivity (Wildman–Crippen MR) is 137 cm³/mol. The molecule has 0 aliphatic carbocycles. The molecule has 3 aromatic carbocycles. The molecule has 0 amide bonds. The van der Waals surface area contributed by atoms with Gasteiger partial charge in [-0.2, -0.15) is 0 Å². The van der Waals surface area contributed by atoms with Gasteiger partial charge < -0.3 is 10.1 Å². The summed E-state index contributed by atoms with van der Waals surface area (Å²) < 4.78 is 48.4. The molecular weight excluding hydrogens is 479 g/mol. The van der Waals surface area contributed by atoms with Gasteiger partial charge in [0.05, 0.1) is 17.0 Å². The van der Waals surface area contributed by atoms with Crippen LogP contribution in [-0.2, 0) is 14.8 Å². The molecule has 2 aliphatic rings. The molecule has 8 heteroatoms. The molecule has 188 valence electrons. The number of hydrogen-bond donors (Lipinski definition) is 2. The van der Waals surface area contributed by atoms with E-state index >= 15 is 0 Å². The maximum atomic E-state index is 13.6. The second-order valence-corrected chi connectivity index (χ2v) is 11.5. The van der Waals surface area contributed by atoms with Crippen LogP contribution < -0.4 is 10.0 Å². The van der Waals surface area contributed by atoms with Crippen molar-refractivity contribution < 1.29 is 22.3 Å². The van der Waals surface area contributed by atoms with E-state index in [9.17, 15) is 17.6 Å². The highest BCUT2D eigenvalue weighted by Gasteiger charge is 2.42. The number of ketones is 1. The second-order valence-electron chi connectivity index (χ2n) is 9.83. The fourth-order valence-electron chi connectivity index (χ4n) is 5.06. The second kappa shape index (κ2) is 9.33. The van der Waals surface area contributed by atoms with E-state index < -0.39 is 15.8 Å². The highest BCUT2D eigenvalue weighted by atomic mass is 32.2. The Bertz CT molecular complexity index is 1420. The van der Waals surface area contributed by atoms with Crippen LogP contribution in [0.4, 0.5) is 15.8 Å². The normalized spacial score (nSPS) is 21.0. The highest BCUT2D eigenvalue weighted by molar-refractivity contribution is 7.92. The van der Waals surface area contributed by atoms with Gasteiger partial charge in [-0.15, -0.1) is 0 Å². The van der Waals surface area contributed by atoms with Crippen LogP contribution >= 0.6 is 0 Å². The number of carbonyl (C=O) groups excluding carboxylic acids is 1. The standard InChI is InChI=1S/C28H29FN2O4S/c1-16(2)27(32)19-6-4-18(5-7-19)26-22-12-13-35-28(22)23-15-21(9-11-25(23)30-26)36(33,34)31-20-8-10-24(29)17(3)14-20/h4-11,14-16,22,26,28,30-31H,12-13H2,1-3H3/t22-,26?,28-/m0/s1. The van der Waals surface area contributed by atoms with Gasteiger partial charge in [0.25, 0.3) is 10.0 Å². The van der Waals surface area contributed by atoms with Crippen LogP contribution in [0.3, 0.4) is 0 Å². The van der Waals surface area contributed by atoms with Crippen molar-refractivity contribution in [1.82, 2.24) is 0 Å². The Hall–Kier alpha value is -3.23. The molecule has 1 fully saturated rings. The van der Waals surface area contributed by atoms with Gasteiger partial charge in [-0.1, -0.05) is 38.1 Å². The minimum absolute atomic E-state index is 0.0176. The van der Waals surface area contributed by atoms with Crippen molar-refractivity contribution >= 4 is 27.2 Å².